The molecule has 0 spiro atoms. The molecule has 0 aliphatic heterocycles. The van der Waals surface area contributed by atoms with Gasteiger partial charge in [-0.3, -0.25) is 10.1 Å². The maximum absolute atomic E-state index is 12.7. The van der Waals surface area contributed by atoms with Gasteiger partial charge >= 0.3 is 12.6 Å². The van der Waals surface area contributed by atoms with Crippen LogP contribution in [0.3, 0.4) is 0 Å². The fourth-order valence-electron chi connectivity index (χ4n) is 2.51. The molecular formula is C18H15F2N5O6S. The number of aryl methyl sites for hydroxylation is 1. The molecule has 0 aliphatic carbocycles. The third kappa shape index (κ3) is 5.46. The van der Waals surface area contributed by atoms with Crippen LogP contribution in [0.4, 0.5) is 14.5 Å². The van der Waals surface area contributed by atoms with Crippen LogP contribution >= 0.6 is 11.8 Å². The Morgan fingerprint density at radius 1 is 1.25 bits per heavy atom. The third-order valence-corrected chi connectivity index (χ3v) is 5.09. The van der Waals surface area contributed by atoms with Gasteiger partial charge in [-0.15, -0.1) is 5.10 Å². The number of carbonyl (C=O) groups excluding carboxylic acids is 1. The minimum Gasteiger partial charge on any atom is -0.493 e. The zero-order valence-corrected chi connectivity index (χ0v) is 17.4. The average Bonchev–Trinajstić information content (AvgIpc) is 3.16. The molecule has 0 bridgehead atoms. The van der Waals surface area contributed by atoms with Gasteiger partial charge in [-0.05, 0) is 46.0 Å². The van der Waals surface area contributed by atoms with E-state index in [9.17, 15) is 23.7 Å². The minimum absolute atomic E-state index is 0.0280. The van der Waals surface area contributed by atoms with Crippen LogP contribution in [0.5, 0.6) is 11.5 Å². The topological polar surface area (TPSA) is 132 Å². The average molecular weight is 467 g/mol. The molecule has 2 aromatic carbocycles. The highest BCUT2D eigenvalue weighted by atomic mass is 32.2. The second-order valence-corrected chi connectivity index (χ2v) is 7.07. The zero-order valence-electron chi connectivity index (χ0n) is 16.6. The molecule has 32 heavy (non-hydrogen) atoms. The Bertz CT molecular complexity index is 1140. The van der Waals surface area contributed by atoms with Gasteiger partial charge in [-0.1, -0.05) is 6.07 Å². The number of carbonyl (C=O) groups is 1. The van der Waals surface area contributed by atoms with Crippen LogP contribution in [0.15, 0.2) is 46.5 Å². The summed E-state index contributed by atoms with van der Waals surface area (Å²) in [6.45, 7) is -3.27. The summed E-state index contributed by atoms with van der Waals surface area (Å²) in [6.07, 6.45) is 0. The van der Waals surface area contributed by atoms with Gasteiger partial charge in [0, 0.05) is 24.1 Å². The first kappa shape index (κ1) is 22.9. The van der Waals surface area contributed by atoms with Crippen molar-refractivity contribution in [3.63, 3.8) is 0 Å². The number of nitro benzene ring substituents is 1. The highest BCUT2D eigenvalue weighted by Crippen LogP contribution is 2.32. The predicted octanol–water partition coefficient (Wildman–Crippen LogP) is 3.24. The number of nitro groups is 1. The maximum Gasteiger partial charge on any atom is 0.387 e. The van der Waals surface area contributed by atoms with E-state index in [0.717, 1.165) is 17.8 Å². The van der Waals surface area contributed by atoms with Crippen molar-refractivity contribution in [1.29, 1.82) is 0 Å². The highest BCUT2D eigenvalue weighted by Gasteiger charge is 2.21. The van der Waals surface area contributed by atoms with Crippen LogP contribution in [0.1, 0.15) is 15.9 Å². The number of hydrogen-bond donors (Lipinski definition) is 0. The summed E-state index contributed by atoms with van der Waals surface area (Å²) in [5.41, 5.74) is 0.0679. The van der Waals surface area contributed by atoms with Gasteiger partial charge in [0.15, 0.2) is 11.5 Å². The van der Waals surface area contributed by atoms with Gasteiger partial charge in [-0.25, -0.2) is 9.48 Å². The molecule has 0 fully saturated rings. The fourth-order valence-corrected chi connectivity index (χ4v) is 3.34. The molecule has 11 nitrogen and oxygen atoms in total. The molecule has 0 aliphatic rings. The minimum atomic E-state index is -3.03. The van der Waals surface area contributed by atoms with Crippen LogP contribution in [0.2, 0.25) is 0 Å². The van der Waals surface area contributed by atoms with E-state index in [4.69, 9.17) is 9.47 Å². The largest absolute Gasteiger partial charge is 0.493 e. The SMILES string of the molecule is COc1cc(COC(=O)c2cc([N+](=O)[O-])ccc2Sc2nnnn2C)ccc1OC(F)F. The lowest BCUT2D eigenvalue weighted by atomic mass is 10.2. The van der Waals surface area contributed by atoms with E-state index in [1.807, 2.05) is 0 Å². The maximum atomic E-state index is 12.7. The zero-order chi connectivity index (χ0) is 23.3. The Morgan fingerprint density at radius 2 is 2.03 bits per heavy atom. The van der Waals surface area contributed by atoms with Crippen molar-refractivity contribution in [3.05, 3.63) is 57.6 Å². The molecule has 0 atom stereocenters. The number of benzene rings is 2. The van der Waals surface area contributed by atoms with E-state index in [0.29, 0.717) is 15.6 Å². The summed E-state index contributed by atoms with van der Waals surface area (Å²) in [6, 6.07) is 7.78. The highest BCUT2D eigenvalue weighted by molar-refractivity contribution is 7.99. The second kappa shape index (κ2) is 10.00. The van der Waals surface area contributed by atoms with Crippen LogP contribution in [0, 0.1) is 10.1 Å². The summed E-state index contributed by atoms with van der Waals surface area (Å²) in [4.78, 5) is 23.6. The van der Waals surface area contributed by atoms with Crippen molar-refractivity contribution >= 4 is 23.4 Å². The lowest BCUT2D eigenvalue weighted by Gasteiger charge is -2.12. The Labute approximate surface area is 183 Å². The van der Waals surface area contributed by atoms with Crippen LogP contribution in [-0.2, 0) is 18.4 Å². The van der Waals surface area contributed by atoms with E-state index in [2.05, 4.69) is 20.3 Å². The van der Waals surface area contributed by atoms with Gasteiger partial charge in [0.1, 0.15) is 6.61 Å². The number of alkyl halides is 2. The number of nitrogens with zero attached hydrogens (tertiary/aromatic N) is 5. The lowest BCUT2D eigenvalue weighted by Crippen LogP contribution is -2.08. The first-order valence-corrected chi connectivity index (χ1v) is 9.57. The summed E-state index contributed by atoms with van der Waals surface area (Å²) in [7, 11) is 2.87. The summed E-state index contributed by atoms with van der Waals surface area (Å²) in [5.74, 6) is -0.981. The van der Waals surface area contributed by atoms with E-state index < -0.39 is 17.5 Å². The van der Waals surface area contributed by atoms with Crippen LogP contribution < -0.4 is 9.47 Å². The molecule has 0 N–H and O–H groups in total. The Morgan fingerprint density at radius 3 is 2.66 bits per heavy atom. The number of tetrazole rings is 1. The molecule has 14 heteroatoms. The summed E-state index contributed by atoms with van der Waals surface area (Å²) < 4.78 is 40.9. The van der Waals surface area contributed by atoms with Crippen molar-refractivity contribution in [2.45, 2.75) is 23.3 Å². The summed E-state index contributed by atoms with van der Waals surface area (Å²) >= 11 is 1.03. The number of esters is 1. The van der Waals surface area contributed by atoms with Crippen molar-refractivity contribution in [2.24, 2.45) is 7.05 Å². The van der Waals surface area contributed by atoms with E-state index in [1.54, 1.807) is 7.05 Å². The first-order chi connectivity index (χ1) is 15.3. The van der Waals surface area contributed by atoms with Gasteiger partial charge < -0.3 is 14.2 Å². The Balaban J connectivity index is 1.81. The van der Waals surface area contributed by atoms with Gasteiger partial charge in [0.05, 0.1) is 17.6 Å². The van der Waals surface area contributed by atoms with E-state index in [1.165, 1.54) is 42.1 Å². The number of halogens is 2. The van der Waals surface area contributed by atoms with E-state index >= 15 is 0 Å². The molecule has 0 saturated carbocycles. The Hall–Kier alpha value is -3.81. The van der Waals surface area contributed by atoms with Crippen LogP contribution in [-0.4, -0.2) is 44.8 Å². The summed E-state index contributed by atoms with van der Waals surface area (Å²) in [5, 5.41) is 22.5. The van der Waals surface area contributed by atoms with Crippen molar-refractivity contribution in [3.8, 4) is 11.5 Å². The number of aromatic nitrogens is 4. The molecule has 0 amide bonds. The number of methoxy groups -OCH3 is 1. The number of hydrogen-bond acceptors (Lipinski definition) is 10. The molecule has 3 rings (SSSR count). The molecule has 1 heterocycles. The normalized spacial score (nSPS) is 10.8. The molecule has 0 saturated heterocycles. The second-order valence-electron chi connectivity index (χ2n) is 6.06. The molecule has 3 aromatic rings. The molecular weight excluding hydrogens is 452 g/mol. The predicted molar refractivity (Wildman–Crippen MR) is 105 cm³/mol. The Kier molecular flexibility index (Phi) is 7.14. The number of non-ortho nitro benzene ring substituents is 1. The standard InChI is InChI=1S/C18H15F2N5O6S/c1-24-18(21-22-23-24)32-15-6-4-11(25(27)28)8-12(15)16(26)30-9-10-3-5-13(31-17(19)20)14(7-10)29-2/h3-8,17H,9H2,1-2H3. The smallest absolute Gasteiger partial charge is 0.387 e. The van der Waals surface area contributed by atoms with Crippen molar-refractivity contribution in [2.75, 3.05) is 7.11 Å². The molecule has 0 unspecified atom stereocenters. The lowest BCUT2D eigenvalue weighted by molar-refractivity contribution is -0.384. The third-order valence-electron chi connectivity index (χ3n) is 3.99. The van der Waals surface area contributed by atoms with Gasteiger partial charge in [0.2, 0.25) is 5.16 Å². The monoisotopic (exact) mass is 467 g/mol. The number of rotatable bonds is 9. The van der Waals surface area contributed by atoms with Gasteiger partial charge in [-0.2, -0.15) is 8.78 Å². The molecule has 168 valence electrons. The van der Waals surface area contributed by atoms with Crippen molar-refractivity contribution in [1.82, 2.24) is 20.2 Å². The van der Waals surface area contributed by atoms with Gasteiger partial charge in [0.25, 0.3) is 5.69 Å². The number of ether oxygens (including phenoxy) is 3. The van der Waals surface area contributed by atoms with Crippen molar-refractivity contribution < 1.29 is 32.7 Å². The first-order valence-electron chi connectivity index (χ1n) is 8.76. The molecule has 0 radical (unpaired) electrons. The van der Waals surface area contributed by atoms with E-state index in [-0.39, 0.29) is 29.4 Å². The molecule has 1 aromatic heterocycles. The fraction of sp³-hybridized carbons (Fsp3) is 0.222. The van der Waals surface area contributed by atoms with Crippen LogP contribution in [0.25, 0.3) is 0 Å². The quantitative estimate of drug-likeness (QED) is 0.262.